The zero-order chi connectivity index (χ0) is 19.7. The molecule has 0 amide bonds. The molecule has 3 aromatic heterocycles. The van der Waals surface area contributed by atoms with Crippen molar-refractivity contribution in [3.63, 3.8) is 0 Å². The number of alkyl halides is 3. The van der Waals surface area contributed by atoms with Crippen LogP contribution in [0.2, 0.25) is 5.02 Å². The molecule has 0 atom stereocenters. The van der Waals surface area contributed by atoms with Crippen LogP contribution < -0.4 is 4.90 Å². The molecular formula is C18H17ClF3N5S. The summed E-state index contributed by atoms with van der Waals surface area (Å²) in [5, 5.41) is 8.71. The Kier molecular flexibility index (Phi) is 5.31. The minimum atomic E-state index is -4.44. The van der Waals surface area contributed by atoms with Gasteiger partial charge in [-0.15, -0.1) is 0 Å². The van der Waals surface area contributed by atoms with Gasteiger partial charge in [0.25, 0.3) is 0 Å². The van der Waals surface area contributed by atoms with Crippen molar-refractivity contribution in [2.24, 2.45) is 0 Å². The van der Waals surface area contributed by atoms with Crippen LogP contribution in [0.5, 0.6) is 0 Å². The molecule has 5 nitrogen and oxygen atoms in total. The molecule has 4 heterocycles. The van der Waals surface area contributed by atoms with Crippen molar-refractivity contribution in [1.29, 1.82) is 0 Å². The molecule has 0 N–H and O–H groups in total. The first-order valence-corrected chi connectivity index (χ1v) is 9.98. The van der Waals surface area contributed by atoms with Crippen LogP contribution in [0.3, 0.4) is 0 Å². The number of piperazine rings is 1. The van der Waals surface area contributed by atoms with Crippen molar-refractivity contribution < 1.29 is 13.2 Å². The summed E-state index contributed by atoms with van der Waals surface area (Å²) in [7, 11) is 0. The van der Waals surface area contributed by atoms with Gasteiger partial charge in [0.05, 0.1) is 22.9 Å². The molecule has 0 unspecified atom stereocenters. The average molecular weight is 428 g/mol. The fourth-order valence-electron chi connectivity index (χ4n) is 3.13. The topological polar surface area (TPSA) is 37.2 Å². The molecule has 148 valence electrons. The van der Waals surface area contributed by atoms with E-state index < -0.39 is 11.7 Å². The lowest BCUT2D eigenvalue weighted by Crippen LogP contribution is -2.47. The van der Waals surface area contributed by atoms with E-state index in [9.17, 15) is 13.2 Å². The SMILES string of the molecule is FC(F)(F)c1cnc(N2CCN(Cn3ccc(-c4ccsc4)n3)CC2)c(Cl)c1. The molecule has 0 aliphatic carbocycles. The largest absolute Gasteiger partial charge is 0.417 e. The lowest BCUT2D eigenvalue weighted by atomic mass is 10.2. The van der Waals surface area contributed by atoms with Gasteiger partial charge in [-0.3, -0.25) is 9.58 Å². The summed E-state index contributed by atoms with van der Waals surface area (Å²) in [6, 6.07) is 4.97. The molecule has 0 aromatic carbocycles. The summed E-state index contributed by atoms with van der Waals surface area (Å²) < 4.78 is 40.2. The van der Waals surface area contributed by atoms with E-state index in [1.807, 2.05) is 33.3 Å². The van der Waals surface area contributed by atoms with Crippen LogP contribution in [-0.2, 0) is 12.8 Å². The quantitative estimate of drug-likeness (QED) is 0.616. The number of halogens is 4. The summed E-state index contributed by atoms with van der Waals surface area (Å²) in [5.41, 5.74) is 1.22. The predicted octanol–water partition coefficient (Wildman–Crippen LogP) is 4.46. The standard InChI is InChI=1S/C18H17ClF3N5S/c19-15-9-14(18(20,21)22)10-23-17(15)26-6-4-25(5-7-26)12-27-3-1-16(24-27)13-2-8-28-11-13/h1-3,8-11H,4-7,12H2. The van der Waals surface area contributed by atoms with Crippen LogP contribution in [0.4, 0.5) is 19.0 Å². The van der Waals surface area contributed by atoms with Crippen molar-refractivity contribution in [2.45, 2.75) is 12.8 Å². The van der Waals surface area contributed by atoms with Gasteiger partial charge in [-0.1, -0.05) is 11.6 Å². The zero-order valence-corrected chi connectivity index (χ0v) is 16.3. The first-order chi connectivity index (χ1) is 13.4. The number of aromatic nitrogens is 3. The number of hydrogen-bond acceptors (Lipinski definition) is 5. The summed E-state index contributed by atoms with van der Waals surface area (Å²) in [6.07, 6.45) is -1.66. The highest BCUT2D eigenvalue weighted by atomic mass is 35.5. The maximum absolute atomic E-state index is 12.8. The van der Waals surface area contributed by atoms with Crippen molar-refractivity contribution in [3.8, 4) is 11.3 Å². The van der Waals surface area contributed by atoms with Gasteiger partial charge in [-0.05, 0) is 23.6 Å². The van der Waals surface area contributed by atoms with Crippen LogP contribution in [-0.4, -0.2) is 45.8 Å². The van der Waals surface area contributed by atoms with Crippen molar-refractivity contribution in [1.82, 2.24) is 19.7 Å². The van der Waals surface area contributed by atoms with Crippen molar-refractivity contribution >= 4 is 28.8 Å². The van der Waals surface area contributed by atoms with E-state index in [-0.39, 0.29) is 5.02 Å². The normalized spacial score (nSPS) is 15.9. The average Bonchev–Trinajstić information content (AvgIpc) is 3.33. The molecule has 0 spiro atoms. The minimum absolute atomic E-state index is 0.0238. The predicted molar refractivity (Wildman–Crippen MR) is 104 cm³/mol. The Hall–Kier alpha value is -2.10. The molecule has 0 saturated carbocycles. The highest BCUT2D eigenvalue weighted by Crippen LogP contribution is 2.33. The van der Waals surface area contributed by atoms with Crippen molar-refractivity contribution in [2.75, 3.05) is 31.1 Å². The second-order valence-electron chi connectivity index (χ2n) is 6.53. The second-order valence-corrected chi connectivity index (χ2v) is 7.71. The third-order valence-corrected chi connectivity index (χ3v) is 5.58. The van der Waals surface area contributed by atoms with E-state index in [0.29, 0.717) is 25.6 Å². The monoisotopic (exact) mass is 427 g/mol. The van der Waals surface area contributed by atoms with Gasteiger partial charge in [-0.2, -0.15) is 29.6 Å². The number of pyridine rings is 1. The van der Waals surface area contributed by atoms with Gasteiger partial charge in [-0.25, -0.2) is 4.98 Å². The molecule has 3 aromatic rings. The Labute approximate surface area is 169 Å². The van der Waals surface area contributed by atoms with Crippen LogP contribution in [0, 0.1) is 0 Å². The molecule has 0 radical (unpaired) electrons. The van der Waals surface area contributed by atoms with Gasteiger partial charge < -0.3 is 4.90 Å². The van der Waals surface area contributed by atoms with Gasteiger partial charge >= 0.3 is 6.18 Å². The van der Waals surface area contributed by atoms with Crippen LogP contribution in [0.15, 0.2) is 41.4 Å². The Balaban J connectivity index is 1.36. The van der Waals surface area contributed by atoms with Gasteiger partial charge in [0.1, 0.15) is 5.82 Å². The Morgan fingerprint density at radius 3 is 2.57 bits per heavy atom. The first kappa shape index (κ1) is 19.2. The molecular weight excluding hydrogens is 411 g/mol. The molecule has 0 bridgehead atoms. The lowest BCUT2D eigenvalue weighted by molar-refractivity contribution is -0.137. The molecule has 28 heavy (non-hydrogen) atoms. The lowest BCUT2D eigenvalue weighted by Gasteiger charge is -2.35. The molecule has 10 heteroatoms. The minimum Gasteiger partial charge on any atom is -0.353 e. The summed E-state index contributed by atoms with van der Waals surface area (Å²) in [5.74, 6) is 0.396. The highest BCUT2D eigenvalue weighted by Gasteiger charge is 2.32. The van der Waals surface area contributed by atoms with E-state index in [1.54, 1.807) is 11.3 Å². The summed E-state index contributed by atoms with van der Waals surface area (Å²) in [4.78, 5) is 8.10. The van der Waals surface area contributed by atoms with Crippen LogP contribution >= 0.6 is 22.9 Å². The van der Waals surface area contributed by atoms with E-state index >= 15 is 0 Å². The number of anilines is 1. The molecule has 1 saturated heterocycles. The van der Waals surface area contributed by atoms with E-state index in [0.717, 1.165) is 36.6 Å². The zero-order valence-electron chi connectivity index (χ0n) is 14.7. The Morgan fingerprint density at radius 2 is 1.93 bits per heavy atom. The number of nitrogens with zero attached hydrogens (tertiary/aromatic N) is 5. The number of thiophene rings is 1. The molecule has 1 aliphatic rings. The fraction of sp³-hybridized carbons (Fsp3) is 0.333. The molecule has 1 aliphatic heterocycles. The van der Waals surface area contributed by atoms with Gasteiger partial charge in [0.15, 0.2) is 0 Å². The van der Waals surface area contributed by atoms with Gasteiger partial charge in [0.2, 0.25) is 0 Å². The first-order valence-electron chi connectivity index (χ1n) is 8.66. The summed E-state index contributed by atoms with van der Waals surface area (Å²) >= 11 is 7.69. The second kappa shape index (κ2) is 7.73. The molecule has 4 rings (SSSR count). The van der Waals surface area contributed by atoms with E-state index in [1.165, 1.54) is 0 Å². The summed E-state index contributed by atoms with van der Waals surface area (Å²) in [6.45, 7) is 3.42. The van der Waals surface area contributed by atoms with Crippen LogP contribution in [0.25, 0.3) is 11.3 Å². The smallest absolute Gasteiger partial charge is 0.353 e. The maximum Gasteiger partial charge on any atom is 0.417 e. The van der Waals surface area contributed by atoms with E-state index in [2.05, 4.69) is 20.4 Å². The van der Waals surface area contributed by atoms with Gasteiger partial charge in [0, 0.05) is 49.5 Å². The van der Waals surface area contributed by atoms with Crippen LogP contribution in [0.1, 0.15) is 5.56 Å². The number of hydrogen-bond donors (Lipinski definition) is 0. The third kappa shape index (κ3) is 4.16. The Bertz CT molecular complexity index is 933. The van der Waals surface area contributed by atoms with E-state index in [4.69, 9.17) is 11.6 Å². The highest BCUT2D eigenvalue weighted by molar-refractivity contribution is 7.08. The Morgan fingerprint density at radius 1 is 1.14 bits per heavy atom. The third-order valence-electron chi connectivity index (χ3n) is 4.62. The fourth-order valence-corrected chi connectivity index (χ4v) is 4.06. The molecule has 1 fully saturated rings. The maximum atomic E-state index is 12.8. The number of rotatable bonds is 4. The van der Waals surface area contributed by atoms with Crippen molar-refractivity contribution in [3.05, 3.63) is 51.9 Å².